The second-order valence-electron chi connectivity index (χ2n) is 4.88. The maximum absolute atomic E-state index is 11.2. The zero-order chi connectivity index (χ0) is 15.0. The van der Waals surface area contributed by atoms with Crippen LogP contribution >= 0.6 is 11.6 Å². The van der Waals surface area contributed by atoms with Crippen LogP contribution < -0.4 is 10.5 Å². The van der Waals surface area contributed by atoms with Crippen LogP contribution in [-0.2, 0) is 0 Å². The molecule has 0 saturated carbocycles. The molecule has 0 aliphatic heterocycles. The fourth-order valence-electron chi connectivity index (χ4n) is 2.35. The van der Waals surface area contributed by atoms with Gasteiger partial charge >= 0.3 is 5.76 Å². The van der Waals surface area contributed by atoms with Crippen molar-refractivity contribution >= 4 is 22.7 Å². The van der Waals surface area contributed by atoms with Crippen LogP contribution in [0.2, 0.25) is 0 Å². The predicted octanol–water partition coefficient (Wildman–Crippen LogP) is 3.77. The number of H-pyrrole nitrogens is 1. The van der Waals surface area contributed by atoms with Gasteiger partial charge in [-0.15, -0.1) is 11.6 Å². The molecule has 2 aromatic carbocycles. The monoisotopic (exact) mass is 303 g/mol. The summed E-state index contributed by atoms with van der Waals surface area (Å²) in [5.41, 5.74) is 3.98. The summed E-state index contributed by atoms with van der Waals surface area (Å²) >= 11 is 6.58. The molecule has 0 amide bonds. The lowest BCUT2D eigenvalue weighted by Gasteiger charge is -2.15. The van der Waals surface area contributed by atoms with Gasteiger partial charge in [-0.25, -0.2) is 4.79 Å². The van der Waals surface area contributed by atoms with Gasteiger partial charge in [-0.1, -0.05) is 23.8 Å². The number of hydrogen-bond donors (Lipinski definition) is 1. The quantitative estimate of drug-likeness (QED) is 0.749. The van der Waals surface area contributed by atoms with Crippen molar-refractivity contribution in [2.24, 2.45) is 0 Å². The van der Waals surface area contributed by atoms with E-state index in [1.807, 2.05) is 31.2 Å². The van der Waals surface area contributed by atoms with Crippen molar-refractivity contribution in [1.82, 2.24) is 4.98 Å². The molecule has 1 unspecified atom stereocenters. The third-order valence-electron chi connectivity index (χ3n) is 3.40. The van der Waals surface area contributed by atoms with E-state index in [4.69, 9.17) is 20.8 Å². The number of fused-ring (bicyclic) bond motifs is 1. The van der Waals surface area contributed by atoms with E-state index in [1.165, 1.54) is 0 Å². The number of ether oxygens (including phenoxy) is 1. The van der Waals surface area contributed by atoms with Crippen LogP contribution in [0.4, 0.5) is 0 Å². The van der Waals surface area contributed by atoms with Crippen molar-refractivity contribution in [3.63, 3.8) is 0 Å². The van der Waals surface area contributed by atoms with Crippen LogP contribution in [0.5, 0.6) is 5.75 Å². The summed E-state index contributed by atoms with van der Waals surface area (Å²) in [6.45, 7) is 2.00. The molecule has 0 spiro atoms. The summed E-state index contributed by atoms with van der Waals surface area (Å²) in [4.78, 5) is 13.8. The van der Waals surface area contributed by atoms with Gasteiger partial charge in [0.1, 0.15) is 5.75 Å². The maximum Gasteiger partial charge on any atom is 0.417 e. The fraction of sp³-hybridized carbons (Fsp3) is 0.188. The molecule has 1 aromatic heterocycles. The first kappa shape index (κ1) is 13.8. The number of aromatic nitrogens is 1. The highest BCUT2D eigenvalue weighted by Crippen LogP contribution is 2.36. The lowest BCUT2D eigenvalue weighted by molar-refractivity contribution is 0.410. The number of hydrogen-bond acceptors (Lipinski definition) is 3. The van der Waals surface area contributed by atoms with Crippen LogP contribution in [-0.4, -0.2) is 12.1 Å². The Labute approximate surface area is 126 Å². The Morgan fingerprint density at radius 1 is 1.24 bits per heavy atom. The van der Waals surface area contributed by atoms with E-state index < -0.39 is 5.76 Å². The number of nitrogens with one attached hydrogen (secondary N) is 1. The summed E-state index contributed by atoms with van der Waals surface area (Å²) in [5, 5.41) is -0.385. The topological polar surface area (TPSA) is 55.2 Å². The van der Waals surface area contributed by atoms with E-state index in [0.29, 0.717) is 11.1 Å². The standard InChI is InChI=1S/C16H14ClNO3/c1-9-3-6-13(20-2)11(7-9)15(17)10-4-5-12-14(8-10)21-16(19)18-12/h3-8,15H,1-2H3,(H,18,19). The molecular weight excluding hydrogens is 290 g/mol. The minimum absolute atomic E-state index is 0.385. The van der Waals surface area contributed by atoms with E-state index in [9.17, 15) is 4.79 Å². The van der Waals surface area contributed by atoms with Gasteiger partial charge in [0.25, 0.3) is 0 Å². The minimum atomic E-state index is -0.471. The van der Waals surface area contributed by atoms with E-state index >= 15 is 0 Å². The molecule has 3 rings (SSSR count). The average molecular weight is 304 g/mol. The molecule has 0 bridgehead atoms. The number of alkyl halides is 1. The van der Waals surface area contributed by atoms with Crippen molar-refractivity contribution in [2.75, 3.05) is 7.11 Å². The van der Waals surface area contributed by atoms with Crippen molar-refractivity contribution in [3.05, 3.63) is 63.6 Å². The molecular formula is C16H14ClNO3. The minimum Gasteiger partial charge on any atom is -0.496 e. The van der Waals surface area contributed by atoms with Gasteiger partial charge in [-0.05, 0) is 30.7 Å². The predicted molar refractivity (Wildman–Crippen MR) is 82.3 cm³/mol. The van der Waals surface area contributed by atoms with Crippen LogP contribution in [0, 0.1) is 6.92 Å². The number of halogens is 1. The smallest absolute Gasteiger partial charge is 0.417 e. The van der Waals surface area contributed by atoms with Crippen LogP contribution in [0.25, 0.3) is 11.1 Å². The zero-order valence-electron chi connectivity index (χ0n) is 11.6. The molecule has 0 aliphatic rings. The Kier molecular flexibility index (Phi) is 3.47. The molecule has 3 aromatic rings. The van der Waals surface area contributed by atoms with E-state index in [1.54, 1.807) is 19.2 Å². The van der Waals surface area contributed by atoms with E-state index in [2.05, 4.69) is 4.98 Å². The Morgan fingerprint density at radius 2 is 2.05 bits per heavy atom. The van der Waals surface area contributed by atoms with Gasteiger partial charge in [0, 0.05) is 5.56 Å². The first-order valence-electron chi connectivity index (χ1n) is 6.50. The third kappa shape index (κ3) is 2.54. The van der Waals surface area contributed by atoms with Gasteiger partial charge in [0.05, 0.1) is 18.0 Å². The molecule has 0 saturated heterocycles. The summed E-state index contributed by atoms with van der Waals surface area (Å²) in [6.07, 6.45) is 0. The number of oxazole rings is 1. The Morgan fingerprint density at radius 3 is 2.81 bits per heavy atom. The summed E-state index contributed by atoms with van der Waals surface area (Å²) in [5.74, 6) is 0.262. The first-order chi connectivity index (χ1) is 10.1. The highest BCUT2D eigenvalue weighted by molar-refractivity contribution is 6.23. The Bertz CT molecular complexity index is 850. The van der Waals surface area contributed by atoms with Crippen molar-refractivity contribution in [2.45, 2.75) is 12.3 Å². The Hall–Kier alpha value is -2.20. The highest BCUT2D eigenvalue weighted by atomic mass is 35.5. The van der Waals surface area contributed by atoms with Gasteiger partial charge in [0.2, 0.25) is 0 Å². The number of aryl methyl sites for hydroxylation is 1. The summed E-state index contributed by atoms with van der Waals surface area (Å²) in [7, 11) is 1.62. The van der Waals surface area contributed by atoms with Gasteiger partial charge in [0.15, 0.2) is 5.58 Å². The maximum atomic E-state index is 11.2. The summed E-state index contributed by atoms with van der Waals surface area (Å²) < 4.78 is 10.4. The van der Waals surface area contributed by atoms with Crippen molar-refractivity contribution < 1.29 is 9.15 Å². The largest absolute Gasteiger partial charge is 0.496 e. The average Bonchev–Trinajstić information content (AvgIpc) is 2.85. The normalized spacial score (nSPS) is 12.5. The fourth-order valence-corrected chi connectivity index (χ4v) is 2.66. The molecule has 1 heterocycles. The molecule has 0 radical (unpaired) electrons. The number of aromatic amines is 1. The molecule has 5 heteroatoms. The van der Waals surface area contributed by atoms with E-state index in [0.717, 1.165) is 22.4 Å². The molecule has 1 atom stereocenters. The third-order valence-corrected chi connectivity index (χ3v) is 3.88. The zero-order valence-corrected chi connectivity index (χ0v) is 12.4. The van der Waals surface area contributed by atoms with E-state index in [-0.39, 0.29) is 5.38 Å². The number of rotatable bonds is 3. The van der Waals surface area contributed by atoms with Gasteiger partial charge in [-0.3, -0.25) is 4.98 Å². The second kappa shape index (κ2) is 5.30. The van der Waals surface area contributed by atoms with Crippen LogP contribution in [0.15, 0.2) is 45.6 Å². The molecule has 0 fully saturated rings. The molecule has 0 aliphatic carbocycles. The molecule has 4 nitrogen and oxygen atoms in total. The van der Waals surface area contributed by atoms with Gasteiger partial charge in [-0.2, -0.15) is 0 Å². The number of methoxy groups -OCH3 is 1. The van der Waals surface area contributed by atoms with Crippen molar-refractivity contribution in [3.8, 4) is 5.75 Å². The van der Waals surface area contributed by atoms with Crippen molar-refractivity contribution in [1.29, 1.82) is 0 Å². The first-order valence-corrected chi connectivity index (χ1v) is 6.93. The number of benzene rings is 2. The highest BCUT2D eigenvalue weighted by Gasteiger charge is 2.17. The molecule has 21 heavy (non-hydrogen) atoms. The molecule has 1 N–H and O–H groups in total. The summed E-state index contributed by atoms with van der Waals surface area (Å²) in [6, 6.07) is 11.3. The lowest BCUT2D eigenvalue weighted by atomic mass is 10.0. The van der Waals surface area contributed by atoms with Crippen LogP contribution in [0.1, 0.15) is 22.1 Å². The SMILES string of the molecule is COc1ccc(C)cc1C(Cl)c1ccc2[nH]c(=O)oc2c1. The lowest BCUT2D eigenvalue weighted by Crippen LogP contribution is -1.98. The second-order valence-corrected chi connectivity index (χ2v) is 5.31. The van der Waals surface area contributed by atoms with Gasteiger partial charge < -0.3 is 9.15 Å². The molecule has 108 valence electrons. The Balaban J connectivity index is 2.09. The van der Waals surface area contributed by atoms with Crippen LogP contribution in [0.3, 0.4) is 0 Å².